The second-order valence-corrected chi connectivity index (χ2v) is 3.21. The van der Waals surface area contributed by atoms with Crippen LogP contribution in [0, 0.1) is 0 Å². The fourth-order valence-corrected chi connectivity index (χ4v) is 0.833. The Balaban J connectivity index is 3.37. The molecule has 0 unspecified atom stereocenters. The third kappa shape index (κ3) is 8.09. The molecule has 0 aliphatic rings. The van der Waals surface area contributed by atoms with Gasteiger partial charge in [-0.2, -0.15) is 0 Å². The molecule has 0 bridgehead atoms. The summed E-state index contributed by atoms with van der Waals surface area (Å²) < 4.78 is 0. The Kier molecular flexibility index (Phi) is 8.19. The van der Waals surface area contributed by atoms with Gasteiger partial charge in [-0.3, -0.25) is 4.79 Å². The Morgan fingerprint density at radius 3 is 2.69 bits per heavy atom. The molecule has 0 aromatic carbocycles. The predicted octanol–water partition coefficient (Wildman–Crippen LogP) is 1.42. The first kappa shape index (κ1) is 12.8. The van der Waals surface area contributed by atoms with Crippen LogP contribution in [-0.2, 0) is 4.79 Å². The summed E-state index contributed by atoms with van der Waals surface area (Å²) in [6, 6.07) is 0. The average molecular weight is 225 g/mol. The minimum Gasteiger partial charge on any atom is -0.355 e. The van der Waals surface area contributed by atoms with Gasteiger partial charge in [0.15, 0.2) is 0 Å². The summed E-state index contributed by atoms with van der Waals surface area (Å²) in [5.74, 6) is -0.0270. The maximum atomic E-state index is 11.0. The van der Waals surface area contributed by atoms with Gasteiger partial charge in [-0.05, 0) is 6.42 Å². The molecule has 3 nitrogen and oxygen atoms in total. The zero-order chi connectivity index (χ0) is 10.1. The van der Waals surface area contributed by atoms with Crippen molar-refractivity contribution in [1.82, 2.24) is 10.6 Å². The fourth-order valence-electron chi connectivity index (χ4n) is 0.661. The van der Waals surface area contributed by atoms with Crippen LogP contribution in [0.25, 0.3) is 0 Å². The van der Waals surface area contributed by atoms with E-state index in [1.807, 2.05) is 6.92 Å². The molecule has 2 N–H and O–H groups in total. The second kappa shape index (κ2) is 8.35. The van der Waals surface area contributed by atoms with Crippen molar-refractivity contribution < 1.29 is 4.79 Å². The minimum absolute atomic E-state index is 0.0270. The predicted molar refractivity (Wildman–Crippen MR) is 56.0 cm³/mol. The highest BCUT2D eigenvalue weighted by molar-refractivity contribution is 6.36. The topological polar surface area (TPSA) is 41.1 Å². The lowest BCUT2D eigenvalue weighted by molar-refractivity contribution is -0.120. The van der Waals surface area contributed by atoms with Gasteiger partial charge in [-0.15, -0.1) is 0 Å². The number of rotatable bonds is 6. The number of halogens is 2. The largest absolute Gasteiger partial charge is 0.355 e. The van der Waals surface area contributed by atoms with Crippen LogP contribution in [-0.4, -0.2) is 25.5 Å². The van der Waals surface area contributed by atoms with E-state index in [-0.39, 0.29) is 12.5 Å². The van der Waals surface area contributed by atoms with Crippen LogP contribution in [0.1, 0.15) is 13.3 Å². The van der Waals surface area contributed by atoms with Gasteiger partial charge < -0.3 is 10.6 Å². The zero-order valence-corrected chi connectivity index (χ0v) is 9.08. The molecule has 0 aliphatic carbocycles. The first-order valence-electron chi connectivity index (χ1n) is 4.12. The molecule has 5 heteroatoms. The summed E-state index contributed by atoms with van der Waals surface area (Å²) in [6.45, 7) is 3.39. The highest BCUT2D eigenvalue weighted by Crippen LogP contribution is 1.99. The Bertz CT molecular complexity index is 183. The van der Waals surface area contributed by atoms with E-state index < -0.39 is 0 Å². The third-order valence-electron chi connectivity index (χ3n) is 1.27. The molecule has 0 fully saturated rings. The molecule has 0 aromatic heterocycles. The standard InChI is InChI=1S/C8H14Cl2N2O/c1-2-3-12-8(13)6-11-5-7(10)4-9/h4,11H,2-3,5-6H2,1H3,(H,12,13). The molecule has 0 atom stereocenters. The fraction of sp³-hybridized carbons (Fsp3) is 0.625. The monoisotopic (exact) mass is 224 g/mol. The van der Waals surface area contributed by atoms with Gasteiger partial charge in [-0.25, -0.2) is 0 Å². The highest BCUT2D eigenvalue weighted by Gasteiger charge is 1.98. The van der Waals surface area contributed by atoms with Crippen LogP contribution in [0.3, 0.4) is 0 Å². The van der Waals surface area contributed by atoms with Gasteiger partial charge in [0.05, 0.1) is 6.54 Å². The molecule has 0 spiro atoms. The van der Waals surface area contributed by atoms with Crippen LogP contribution in [0.2, 0.25) is 0 Å². The molecule has 76 valence electrons. The van der Waals surface area contributed by atoms with Crippen LogP contribution in [0.5, 0.6) is 0 Å². The molecule has 0 aliphatic heterocycles. The smallest absolute Gasteiger partial charge is 0.233 e. The summed E-state index contributed by atoms with van der Waals surface area (Å²) in [4.78, 5) is 11.0. The van der Waals surface area contributed by atoms with Gasteiger partial charge in [-0.1, -0.05) is 30.1 Å². The Morgan fingerprint density at radius 2 is 2.15 bits per heavy atom. The van der Waals surface area contributed by atoms with Gasteiger partial charge in [0, 0.05) is 23.7 Å². The quantitative estimate of drug-likeness (QED) is 0.717. The lowest BCUT2D eigenvalue weighted by atomic mass is 10.4. The van der Waals surface area contributed by atoms with E-state index in [1.54, 1.807) is 0 Å². The van der Waals surface area contributed by atoms with Crippen LogP contribution in [0.4, 0.5) is 0 Å². The maximum absolute atomic E-state index is 11.0. The highest BCUT2D eigenvalue weighted by atomic mass is 35.5. The Labute approximate surface area is 88.5 Å². The van der Waals surface area contributed by atoms with Crippen molar-refractivity contribution >= 4 is 29.1 Å². The molecule has 0 heterocycles. The van der Waals surface area contributed by atoms with Crippen LogP contribution < -0.4 is 10.6 Å². The molecule has 1 amide bonds. The van der Waals surface area contributed by atoms with Gasteiger partial charge >= 0.3 is 0 Å². The van der Waals surface area contributed by atoms with E-state index in [4.69, 9.17) is 23.2 Å². The third-order valence-corrected chi connectivity index (χ3v) is 1.89. The normalized spacial score (nSPS) is 11.5. The Hall–Kier alpha value is -0.250. The van der Waals surface area contributed by atoms with Gasteiger partial charge in [0.25, 0.3) is 0 Å². The van der Waals surface area contributed by atoms with Crippen molar-refractivity contribution in [3.05, 3.63) is 10.6 Å². The van der Waals surface area contributed by atoms with Crippen molar-refractivity contribution in [3.63, 3.8) is 0 Å². The van der Waals surface area contributed by atoms with Crippen LogP contribution in [0.15, 0.2) is 10.6 Å². The second-order valence-electron chi connectivity index (χ2n) is 2.51. The molecule has 0 saturated heterocycles. The lowest BCUT2D eigenvalue weighted by Gasteiger charge is -2.04. The first-order valence-corrected chi connectivity index (χ1v) is 4.94. The Morgan fingerprint density at radius 1 is 1.46 bits per heavy atom. The number of hydrogen-bond donors (Lipinski definition) is 2. The van der Waals surface area contributed by atoms with Gasteiger partial charge in [0.2, 0.25) is 5.91 Å². The zero-order valence-electron chi connectivity index (χ0n) is 7.57. The van der Waals surface area contributed by atoms with E-state index >= 15 is 0 Å². The van der Waals surface area contributed by atoms with Crippen molar-refractivity contribution in [2.24, 2.45) is 0 Å². The summed E-state index contributed by atoms with van der Waals surface area (Å²) in [7, 11) is 0. The molecule has 13 heavy (non-hydrogen) atoms. The molecule has 0 rings (SSSR count). The van der Waals surface area contributed by atoms with Crippen molar-refractivity contribution in [2.45, 2.75) is 13.3 Å². The van der Waals surface area contributed by atoms with Crippen molar-refractivity contribution in [1.29, 1.82) is 0 Å². The lowest BCUT2D eigenvalue weighted by Crippen LogP contribution is -2.34. The number of carbonyl (C=O) groups is 1. The number of carbonyl (C=O) groups excluding carboxylic acids is 1. The molecule has 0 saturated carbocycles. The van der Waals surface area contributed by atoms with E-state index in [2.05, 4.69) is 10.6 Å². The minimum atomic E-state index is -0.0270. The van der Waals surface area contributed by atoms with Gasteiger partial charge in [0.1, 0.15) is 0 Å². The first-order chi connectivity index (χ1) is 6.20. The van der Waals surface area contributed by atoms with Crippen molar-refractivity contribution in [2.75, 3.05) is 19.6 Å². The summed E-state index contributed by atoms with van der Waals surface area (Å²) in [5, 5.41) is 6.07. The molecule has 0 radical (unpaired) electrons. The van der Waals surface area contributed by atoms with E-state index in [0.29, 0.717) is 18.1 Å². The number of amides is 1. The van der Waals surface area contributed by atoms with Crippen molar-refractivity contribution in [3.8, 4) is 0 Å². The number of nitrogens with one attached hydrogen (secondary N) is 2. The number of hydrogen-bond acceptors (Lipinski definition) is 2. The SMILES string of the molecule is CCCNC(=O)CNCC(Cl)=CCl. The molecular formula is C8H14Cl2N2O. The van der Waals surface area contributed by atoms with Crippen LogP contribution >= 0.6 is 23.2 Å². The summed E-state index contributed by atoms with van der Waals surface area (Å²) >= 11 is 10.9. The summed E-state index contributed by atoms with van der Waals surface area (Å²) in [5.41, 5.74) is 1.28. The van der Waals surface area contributed by atoms with E-state index in [0.717, 1.165) is 6.42 Å². The van der Waals surface area contributed by atoms with E-state index in [9.17, 15) is 4.79 Å². The summed E-state index contributed by atoms with van der Waals surface area (Å²) in [6.07, 6.45) is 0.939. The molecule has 0 aromatic rings. The molecular weight excluding hydrogens is 211 g/mol. The van der Waals surface area contributed by atoms with E-state index in [1.165, 1.54) is 5.54 Å². The maximum Gasteiger partial charge on any atom is 0.233 e. The average Bonchev–Trinajstić information content (AvgIpc) is 2.14.